The average molecular weight is 370 g/mol. The molecule has 0 fully saturated rings. The van der Waals surface area contributed by atoms with E-state index in [0.717, 1.165) is 0 Å². The summed E-state index contributed by atoms with van der Waals surface area (Å²) in [6, 6.07) is 8.30. The third-order valence-electron chi connectivity index (χ3n) is 3.21. The number of thiocarbonyl (C=S) groups is 1. The minimum atomic E-state index is -0.472. The molecule has 0 aliphatic heterocycles. The molecule has 122 valence electrons. The summed E-state index contributed by atoms with van der Waals surface area (Å²) in [5.74, 6) is 0.328. The molecule has 0 aliphatic carbocycles. The molecule has 1 aromatic heterocycles. The van der Waals surface area contributed by atoms with Gasteiger partial charge in [0, 0.05) is 17.0 Å². The van der Waals surface area contributed by atoms with Crippen molar-refractivity contribution in [2.75, 3.05) is 5.32 Å². The molecule has 1 heterocycles. The highest BCUT2D eigenvalue weighted by Crippen LogP contribution is 2.28. The highest BCUT2D eigenvalue weighted by molar-refractivity contribution is 7.80. The molecule has 0 bridgehead atoms. The summed E-state index contributed by atoms with van der Waals surface area (Å²) in [7, 11) is 0. The minimum absolute atomic E-state index is 0.0432. The largest absolute Gasteiger partial charge is 0.355 e. The number of benzene rings is 1. The fraction of sp³-hybridized carbons (Fsp3) is 0.267. The van der Waals surface area contributed by atoms with Gasteiger partial charge in [-0.2, -0.15) is 0 Å². The Labute approximate surface area is 148 Å². The van der Waals surface area contributed by atoms with Gasteiger partial charge in [0.2, 0.25) is 0 Å². The predicted molar refractivity (Wildman–Crippen MR) is 99.4 cm³/mol. The smallest absolute Gasteiger partial charge is 0.271 e. The highest BCUT2D eigenvalue weighted by atomic mass is 35.5. The lowest BCUT2D eigenvalue weighted by molar-refractivity contribution is -0.384. The lowest BCUT2D eigenvalue weighted by Gasteiger charge is -2.23. The fourth-order valence-corrected chi connectivity index (χ4v) is 3.41. The van der Waals surface area contributed by atoms with E-state index in [1.54, 1.807) is 11.3 Å². The lowest BCUT2D eigenvalue weighted by Crippen LogP contribution is -2.34. The van der Waals surface area contributed by atoms with Crippen LogP contribution in [0.2, 0.25) is 5.02 Å². The SMILES string of the molecule is CC(C)[C@H](NC(=S)Nc1cc([N+](=O)[O-])ccc1Cl)c1cccs1. The Balaban J connectivity index is 2.12. The quantitative estimate of drug-likeness (QED) is 0.441. The van der Waals surface area contributed by atoms with Crippen LogP contribution in [0.25, 0.3) is 0 Å². The Hall–Kier alpha value is -1.70. The first-order valence-corrected chi connectivity index (χ1v) is 8.60. The molecule has 1 atom stereocenters. The van der Waals surface area contributed by atoms with Crippen molar-refractivity contribution in [2.45, 2.75) is 19.9 Å². The second-order valence-corrected chi connectivity index (χ2v) is 7.05. The van der Waals surface area contributed by atoms with Gasteiger partial charge in [-0.15, -0.1) is 11.3 Å². The number of anilines is 1. The second kappa shape index (κ2) is 7.72. The molecule has 2 aromatic rings. The topological polar surface area (TPSA) is 67.2 Å². The van der Waals surface area contributed by atoms with Crippen LogP contribution in [-0.2, 0) is 0 Å². The van der Waals surface area contributed by atoms with Crippen LogP contribution in [0.3, 0.4) is 0 Å². The van der Waals surface area contributed by atoms with E-state index in [1.165, 1.54) is 23.1 Å². The predicted octanol–water partition coefficient (Wildman–Crippen LogP) is 4.99. The van der Waals surface area contributed by atoms with Crippen LogP contribution in [0, 0.1) is 16.0 Å². The third kappa shape index (κ3) is 4.63. The molecule has 0 aliphatic rings. The molecule has 0 spiro atoms. The number of non-ortho nitro benzene ring substituents is 1. The van der Waals surface area contributed by atoms with Crippen molar-refractivity contribution >= 4 is 51.6 Å². The van der Waals surface area contributed by atoms with Gasteiger partial charge in [0.1, 0.15) is 0 Å². The fourth-order valence-electron chi connectivity index (χ4n) is 2.06. The number of halogens is 1. The molecule has 0 radical (unpaired) electrons. The highest BCUT2D eigenvalue weighted by Gasteiger charge is 2.18. The monoisotopic (exact) mass is 369 g/mol. The number of nitrogens with zero attached hydrogens (tertiary/aromatic N) is 1. The summed E-state index contributed by atoms with van der Waals surface area (Å²) < 4.78 is 0. The van der Waals surface area contributed by atoms with Gasteiger partial charge in [-0.3, -0.25) is 10.1 Å². The summed E-state index contributed by atoms with van der Waals surface area (Å²) >= 11 is 13.1. The standard InChI is InChI=1S/C15H16ClN3O2S2/c1-9(2)14(13-4-3-7-23-13)18-15(22)17-12-8-10(19(20)21)5-6-11(12)16/h3-9,14H,1-2H3,(H2,17,18,22)/t14-/m0/s1. The first kappa shape index (κ1) is 17.7. The van der Waals surface area contributed by atoms with Gasteiger partial charge in [0.05, 0.1) is 21.7 Å². The van der Waals surface area contributed by atoms with Gasteiger partial charge < -0.3 is 10.6 Å². The summed E-state index contributed by atoms with van der Waals surface area (Å²) in [6.45, 7) is 4.20. The van der Waals surface area contributed by atoms with Crippen molar-refractivity contribution in [3.05, 3.63) is 55.7 Å². The first-order chi connectivity index (χ1) is 10.9. The van der Waals surface area contributed by atoms with Crippen molar-refractivity contribution in [3.63, 3.8) is 0 Å². The molecule has 0 saturated heterocycles. The molecule has 8 heteroatoms. The van der Waals surface area contributed by atoms with Gasteiger partial charge in [-0.1, -0.05) is 31.5 Å². The number of hydrogen-bond acceptors (Lipinski definition) is 4. The Morgan fingerprint density at radius 1 is 1.39 bits per heavy atom. The van der Waals surface area contributed by atoms with E-state index in [9.17, 15) is 10.1 Å². The van der Waals surface area contributed by atoms with Gasteiger partial charge >= 0.3 is 0 Å². The van der Waals surface area contributed by atoms with Crippen LogP contribution < -0.4 is 10.6 Å². The molecular formula is C15H16ClN3O2S2. The zero-order valence-corrected chi connectivity index (χ0v) is 15.0. The number of nitro groups is 1. The number of rotatable bonds is 5. The van der Waals surface area contributed by atoms with Crippen LogP contribution in [0.5, 0.6) is 0 Å². The Morgan fingerprint density at radius 2 is 2.13 bits per heavy atom. The second-order valence-electron chi connectivity index (χ2n) is 5.26. The van der Waals surface area contributed by atoms with Crippen LogP contribution in [0.15, 0.2) is 35.7 Å². The van der Waals surface area contributed by atoms with Crippen LogP contribution >= 0.6 is 35.2 Å². The number of hydrogen-bond donors (Lipinski definition) is 2. The number of thiophene rings is 1. The van der Waals surface area contributed by atoms with Crippen LogP contribution in [0.4, 0.5) is 11.4 Å². The van der Waals surface area contributed by atoms with Gasteiger partial charge in [0.15, 0.2) is 5.11 Å². The minimum Gasteiger partial charge on any atom is -0.355 e. The molecule has 0 saturated carbocycles. The molecule has 23 heavy (non-hydrogen) atoms. The average Bonchev–Trinajstić information content (AvgIpc) is 3.00. The Kier molecular flexibility index (Phi) is 5.92. The summed E-state index contributed by atoms with van der Waals surface area (Å²) in [5, 5.41) is 19.8. The maximum atomic E-state index is 10.9. The van der Waals surface area contributed by atoms with E-state index in [-0.39, 0.29) is 11.7 Å². The summed E-state index contributed by atoms with van der Waals surface area (Å²) in [4.78, 5) is 11.6. The number of nitro benzene ring substituents is 1. The summed E-state index contributed by atoms with van der Waals surface area (Å²) in [6.07, 6.45) is 0. The van der Waals surface area contributed by atoms with Crippen molar-refractivity contribution < 1.29 is 4.92 Å². The van der Waals surface area contributed by atoms with Crippen molar-refractivity contribution in [2.24, 2.45) is 5.92 Å². The zero-order valence-electron chi connectivity index (χ0n) is 12.6. The van der Waals surface area contributed by atoms with Gasteiger partial charge in [-0.25, -0.2) is 0 Å². The number of nitrogens with one attached hydrogen (secondary N) is 2. The molecule has 2 N–H and O–H groups in total. The molecule has 1 aromatic carbocycles. The van der Waals surface area contributed by atoms with Gasteiger partial charge in [0.25, 0.3) is 5.69 Å². The first-order valence-electron chi connectivity index (χ1n) is 6.93. The third-order valence-corrected chi connectivity index (χ3v) is 4.72. The molecule has 5 nitrogen and oxygen atoms in total. The molecule has 2 rings (SSSR count). The van der Waals surface area contributed by atoms with Crippen LogP contribution in [0.1, 0.15) is 24.8 Å². The van der Waals surface area contributed by atoms with E-state index in [0.29, 0.717) is 21.7 Å². The van der Waals surface area contributed by atoms with E-state index in [1.807, 2.05) is 17.5 Å². The van der Waals surface area contributed by atoms with Gasteiger partial charge in [-0.05, 0) is 35.6 Å². The van der Waals surface area contributed by atoms with E-state index in [2.05, 4.69) is 24.5 Å². The van der Waals surface area contributed by atoms with Crippen molar-refractivity contribution in [1.29, 1.82) is 0 Å². The molecule has 0 amide bonds. The Morgan fingerprint density at radius 3 is 2.70 bits per heavy atom. The molecular weight excluding hydrogens is 354 g/mol. The maximum absolute atomic E-state index is 10.9. The molecule has 0 unspecified atom stereocenters. The lowest BCUT2D eigenvalue weighted by atomic mass is 10.0. The van der Waals surface area contributed by atoms with E-state index >= 15 is 0 Å². The maximum Gasteiger partial charge on any atom is 0.271 e. The van der Waals surface area contributed by atoms with Crippen molar-refractivity contribution in [1.82, 2.24) is 5.32 Å². The summed E-state index contributed by atoms with van der Waals surface area (Å²) in [5.41, 5.74) is 0.366. The normalized spacial score (nSPS) is 12.0. The van der Waals surface area contributed by atoms with Crippen LogP contribution in [-0.4, -0.2) is 10.0 Å². The zero-order chi connectivity index (χ0) is 17.0. The Bertz CT molecular complexity index is 705. The van der Waals surface area contributed by atoms with E-state index in [4.69, 9.17) is 23.8 Å². The van der Waals surface area contributed by atoms with Crippen molar-refractivity contribution in [3.8, 4) is 0 Å². The van der Waals surface area contributed by atoms with E-state index < -0.39 is 4.92 Å².